The molecular formula is C30H40N6O2. The summed E-state index contributed by atoms with van der Waals surface area (Å²) in [6.45, 7) is 12.7. The van der Waals surface area contributed by atoms with Crippen LogP contribution in [0.2, 0.25) is 0 Å². The van der Waals surface area contributed by atoms with Crippen LogP contribution in [0.4, 0.5) is 10.5 Å². The lowest BCUT2D eigenvalue weighted by atomic mass is 9.88. The zero-order chi connectivity index (χ0) is 26.1. The number of hydrogen-bond acceptors (Lipinski definition) is 5. The molecular weight excluding hydrogens is 476 g/mol. The lowest BCUT2D eigenvalue weighted by Gasteiger charge is -2.39. The molecule has 8 heteroatoms. The van der Waals surface area contributed by atoms with E-state index in [1.165, 1.54) is 48.3 Å². The van der Waals surface area contributed by atoms with E-state index in [0.29, 0.717) is 38.3 Å². The van der Waals surface area contributed by atoms with E-state index in [2.05, 4.69) is 71.3 Å². The van der Waals surface area contributed by atoms with Gasteiger partial charge in [-0.15, -0.1) is 0 Å². The largest absolute Gasteiger partial charge is 0.378 e. The average molecular weight is 517 g/mol. The zero-order valence-electron chi connectivity index (χ0n) is 22.8. The first-order valence-electron chi connectivity index (χ1n) is 14.2. The highest BCUT2D eigenvalue weighted by Crippen LogP contribution is 2.32. The highest BCUT2D eigenvalue weighted by Gasteiger charge is 2.27. The van der Waals surface area contributed by atoms with Crippen LogP contribution in [0, 0.1) is 0 Å². The van der Waals surface area contributed by atoms with E-state index in [0.717, 1.165) is 31.7 Å². The van der Waals surface area contributed by atoms with E-state index < -0.39 is 0 Å². The Bertz CT molecular complexity index is 1230. The Kier molecular flexibility index (Phi) is 7.26. The molecule has 0 spiro atoms. The molecule has 0 bridgehead atoms. The van der Waals surface area contributed by atoms with Gasteiger partial charge >= 0.3 is 6.03 Å². The Labute approximate surface area is 225 Å². The number of urea groups is 1. The van der Waals surface area contributed by atoms with Crippen molar-refractivity contribution in [2.75, 3.05) is 70.5 Å². The third-order valence-electron chi connectivity index (χ3n) is 8.63. The second-order valence-corrected chi connectivity index (χ2v) is 11.2. The van der Waals surface area contributed by atoms with Crippen LogP contribution < -0.4 is 4.90 Å². The molecule has 1 aromatic carbocycles. The van der Waals surface area contributed by atoms with Crippen molar-refractivity contribution in [1.29, 1.82) is 0 Å². The summed E-state index contributed by atoms with van der Waals surface area (Å²) in [4.78, 5) is 21.8. The molecule has 3 aromatic rings. The molecule has 0 aliphatic carbocycles. The van der Waals surface area contributed by atoms with Crippen LogP contribution in [0.3, 0.4) is 0 Å². The molecule has 0 radical (unpaired) electrons. The van der Waals surface area contributed by atoms with Gasteiger partial charge in [0.2, 0.25) is 0 Å². The Balaban J connectivity index is 1.13. The number of rotatable bonds is 4. The first-order valence-corrected chi connectivity index (χ1v) is 14.2. The van der Waals surface area contributed by atoms with Crippen LogP contribution in [0.25, 0.3) is 16.6 Å². The summed E-state index contributed by atoms with van der Waals surface area (Å²) in [7, 11) is 0. The van der Waals surface area contributed by atoms with Gasteiger partial charge in [-0.25, -0.2) is 9.31 Å². The van der Waals surface area contributed by atoms with Crippen LogP contribution in [-0.2, 0) is 4.74 Å². The van der Waals surface area contributed by atoms with Gasteiger partial charge in [-0.1, -0.05) is 24.3 Å². The van der Waals surface area contributed by atoms with Crippen molar-refractivity contribution in [3.8, 4) is 11.1 Å². The Hall–Kier alpha value is -3.10. The van der Waals surface area contributed by atoms with Crippen molar-refractivity contribution in [2.45, 2.75) is 38.6 Å². The van der Waals surface area contributed by atoms with E-state index in [1.54, 1.807) is 0 Å². The second kappa shape index (κ2) is 10.9. The molecule has 3 aliphatic heterocycles. The van der Waals surface area contributed by atoms with Gasteiger partial charge in [0.15, 0.2) is 0 Å². The molecule has 0 unspecified atom stereocenters. The summed E-state index contributed by atoms with van der Waals surface area (Å²) >= 11 is 0. The van der Waals surface area contributed by atoms with Crippen molar-refractivity contribution in [2.24, 2.45) is 0 Å². The number of anilines is 1. The number of piperazine rings is 1. The Morgan fingerprint density at radius 3 is 2.24 bits per heavy atom. The monoisotopic (exact) mass is 516 g/mol. The minimum absolute atomic E-state index is 0.145. The SMILES string of the molecule is CC(C)N1CCC(c2ccc(-c3cc4c(N5CCN(C(=O)N6CCOCC6)CC5)ccnn4c3)cc2)CC1. The fourth-order valence-electron chi connectivity index (χ4n) is 6.22. The predicted molar refractivity (Wildman–Crippen MR) is 151 cm³/mol. The molecule has 3 saturated heterocycles. The molecule has 3 fully saturated rings. The van der Waals surface area contributed by atoms with Gasteiger partial charge in [0, 0.05) is 63.3 Å². The number of carbonyl (C=O) groups excluding carboxylic acids is 1. The molecule has 0 atom stereocenters. The maximum Gasteiger partial charge on any atom is 0.320 e. The Morgan fingerprint density at radius 1 is 0.868 bits per heavy atom. The van der Waals surface area contributed by atoms with Crippen LogP contribution >= 0.6 is 0 Å². The van der Waals surface area contributed by atoms with Gasteiger partial charge in [0.25, 0.3) is 0 Å². The maximum atomic E-state index is 12.9. The van der Waals surface area contributed by atoms with E-state index in [9.17, 15) is 4.79 Å². The van der Waals surface area contributed by atoms with Crippen molar-refractivity contribution in [1.82, 2.24) is 24.3 Å². The van der Waals surface area contributed by atoms with Crippen molar-refractivity contribution in [3.63, 3.8) is 0 Å². The minimum Gasteiger partial charge on any atom is -0.378 e. The standard InChI is InChI=1S/C30H40N6O2/c1-23(2)32-11-8-26(9-12-32)24-3-5-25(6-4-24)27-21-29-28(7-10-31-36(29)22-27)33-13-15-34(16-14-33)30(37)35-17-19-38-20-18-35/h3-7,10,21-23,26H,8-9,11-20H2,1-2H3. The molecule has 3 aliphatic rings. The van der Waals surface area contributed by atoms with Crippen molar-refractivity contribution < 1.29 is 9.53 Å². The fraction of sp³-hybridized carbons (Fsp3) is 0.533. The number of carbonyl (C=O) groups is 1. The smallest absolute Gasteiger partial charge is 0.320 e. The number of benzene rings is 1. The number of aromatic nitrogens is 2. The minimum atomic E-state index is 0.145. The highest BCUT2D eigenvalue weighted by atomic mass is 16.5. The van der Waals surface area contributed by atoms with E-state index in [1.807, 2.05) is 20.5 Å². The quantitative estimate of drug-likeness (QED) is 0.521. The summed E-state index contributed by atoms with van der Waals surface area (Å²) in [6.07, 6.45) is 6.50. The van der Waals surface area contributed by atoms with E-state index >= 15 is 0 Å². The first kappa shape index (κ1) is 25.2. The van der Waals surface area contributed by atoms with Crippen molar-refractivity contribution >= 4 is 17.2 Å². The van der Waals surface area contributed by atoms with Gasteiger partial charge in [-0.2, -0.15) is 5.10 Å². The number of ether oxygens (including phenoxy) is 1. The molecule has 2 amide bonds. The summed E-state index contributed by atoms with van der Waals surface area (Å²) in [5, 5.41) is 4.60. The highest BCUT2D eigenvalue weighted by molar-refractivity contribution is 5.80. The van der Waals surface area contributed by atoms with Gasteiger partial charge in [-0.3, -0.25) is 0 Å². The summed E-state index contributed by atoms with van der Waals surface area (Å²) < 4.78 is 7.39. The first-order chi connectivity index (χ1) is 18.6. The number of fused-ring (bicyclic) bond motifs is 1. The normalized spacial score (nSPS) is 20.0. The van der Waals surface area contributed by atoms with Crippen LogP contribution in [0.15, 0.2) is 48.8 Å². The average Bonchev–Trinajstić information content (AvgIpc) is 3.42. The summed E-state index contributed by atoms with van der Waals surface area (Å²) in [5.41, 5.74) is 6.17. The molecule has 6 rings (SSSR count). The number of nitrogens with zero attached hydrogens (tertiary/aromatic N) is 6. The number of hydrogen-bond donors (Lipinski definition) is 0. The lowest BCUT2D eigenvalue weighted by molar-refractivity contribution is 0.0428. The fourth-order valence-corrected chi connectivity index (χ4v) is 6.22. The molecule has 0 saturated carbocycles. The summed E-state index contributed by atoms with van der Waals surface area (Å²) in [5.74, 6) is 0.661. The predicted octanol–water partition coefficient (Wildman–Crippen LogP) is 4.16. The molecule has 0 N–H and O–H groups in total. The van der Waals surface area contributed by atoms with Crippen LogP contribution in [0.5, 0.6) is 0 Å². The molecule has 38 heavy (non-hydrogen) atoms. The maximum absolute atomic E-state index is 12.9. The van der Waals surface area contributed by atoms with E-state index in [-0.39, 0.29) is 6.03 Å². The number of amides is 2. The van der Waals surface area contributed by atoms with Gasteiger partial charge < -0.3 is 24.3 Å². The molecule has 202 valence electrons. The van der Waals surface area contributed by atoms with Gasteiger partial charge in [0.05, 0.1) is 24.4 Å². The number of likely N-dealkylation sites (tertiary alicyclic amines) is 1. The third-order valence-corrected chi connectivity index (χ3v) is 8.63. The topological polar surface area (TPSA) is 56.6 Å². The number of piperidine rings is 1. The van der Waals surface area contributed by atoms with Crippen molar-refractivity contribution in [3.05, 3.63) is 54.4 Å². The van der Waals surface area contributed by atoms with Gasteiger partial charge in [-0.05, 0) is 69.0 Å². The van der Waals surface area contributed by atoms with E-state index in [4.69, 9.17) is 4.74 Å². The number of morpholine rings is 1. The zero-order valence-corrected chi connectivity index (χ0v) is 22.8. The second-order valence-electron chi connectivity index (χ2n) is 11.2. The van der Waals surface area contributed by atoms with Crippen LogP contribution in [0.1, 0.15) is 38.2 Å². The molecule has 2 aromatic heterocycles. The van der Waals surface area contributed by atoms with Crippen LogP contribution in [-0.4, -0.2) is 102 Å². The molecule has 5 heterocycles. The van der Waals surface area contributed by atoms with Gasteiger partial charge in [0.1, 0.15) is 0 Å². The summed E-state index contributed by atoms with van der Waals surface area (Å²) in [6, 6.07) is 14.3. The Morgan fingerprint density at radius 2 is 1.55 bits per heavy atom. The lowest BCUT2D eigenvalue weighted by Crippen LogP contribution is -2.54. The molecule has 8 nitrogen and oxygen atoms in total. The third kappa shape index (κ3) is 5.12.